The molecule has 1 aliphatic carbocycles. The molecule has 0 bridgehead atoms. The minimum Gasteiger partial charge on any atom is -0.352 e. The van der Waals surface area contributed by atoms with Crippen molar-refractivity contribution in [2.75, 3.05) is 11.9 Å². The van der Waals surface area contributed by atoms with Gasteiger partial charge in [0.15, 0.2) is 0 Å². The molecule has 2 rings (SSSR count). The number of carbonyl (C=O) groups is 2. The largest absolute Gasteiger partial charge is 0.352 e. The predicted octanol–water partition coefficient (Wildman–Crippen LogP) is 3.90. The quantitative estimate of drug-likeness (QED) is 0.810. The SMILES string of the molecule is C=CC(=O)Nc1ccc(C(=O)NCC2CCCCCCC2)cc1. The molecule has 0 aromatic heterocycles. The summed E-state index contributed by atoms with van der Waals surface area (Å²) in [6.45, 7) is 4.17. The summed E-state index contributed by atoms with van der Waals surface area (Å²) in [7, 11) is 0. The first-order chi connectivity index (χ1) is 11.2. The molecule has 1 saturated carbocycles. The maximum atomic E-state index is 12.2. The molecule has 1 aromatic carbocycles. The van der Waals surface area contributed by atoms with Gasteiger partial charge in [0.1, 0.15) is 0 Å². The van der Waals surface area contributed by atoms with E-state index in [9.17, 15) is 9.59 Å². The van der Waals surface area contributed by atoms with Gasteiger partial charge >= 0.3 is 0 Å². The summed E-state index contributed by atoms with van der Waals surface area (Å²) < 4.78 is 0. The zero-order valence-electron chi connectivity index (χ0n) is 13.6. The molecule has 4 heteroatoms. The molecule has 0 saturated heterocycles. The van der Waals surface area contributed by atoms with Crippen molar-refractivity contribution in [3.05, 3.63) is 42.5 Å². The minimum absolute atomic E-state index is 0.0475. The van der Waals surface area contributed by atoms with Gasteiger partial charge in [-0.2, -0.15) is 0 Å². The molecule has 0 heterocycles. The van der Waals surface area contributed by atoms with E-state index in [0.717, 1.165) is 6.54 Å². The summed E-state index contributed by atoms with van der Waals surface area (Å²) in [4.78, 5) is 23.4. The Morgan fingerprint density at radius 1 is 1.04 bits per heavy atom. The Morgan fingerprint density at radius 2 is 1.65 bits per heavy atom. The second kappa shape index (κ2) is 9.13. The number of anilines is 1. The number of rotatable bonds is 5. The molecular weight excluding hydrogens is 288 g/mol. The summed E-state index contributed by atoms with van der Waals surface area (Å²) in [6.07, 6.45) is 10.2. The van der Waals surface area contributed by atoms with Crippen molar-refractivity contribution >= 4 is 17.5 Å². The van der Waals surface area contributed by atoms with Crippen LogP contribution >= 0.6 is 0 Å². The Morgan fingerprint density at radius 3 is 2.26 bits per heavy atom. The van der Waals surface area contributed by atoms with Crippen LogP contribution in [0.2, 0.25) is 0 Å². The van der Waals surface area contributed by atoms with Crippen molar-refractivity contribution < 1.29 is 9.59 Å². The third kappa shape index (κ3) is 5.89. The molecule has 0 unspecified atom stereocenters. The van der Waals surface area contributed by atoms with E-state index in [1.165, 1.54) is 51.0 Å². The molecule has 1 aliphatic rings. The van der Waals surface area contributed by atoms with Gasteiger partial charge < -0.3 is 10.6 Å². The zero-order chi connectivity index (χ0) is 16.5. The lowest BCUT2D eigenvalue weighted by Crippen LogP contribution is -2.29. The van der Waals surface area contributed by atoms with Crippen LogP contribution in [0.15, 0.2) is 36.9 Å². The van der Waals surface area contributed by atoms with Crippen molar-refractivity contribution in [2.24, 2.45) is 5.92 Å². The Kier molecular flexibility index (Phi) is 6.85. The fourth-order valence-electron chi connectivity index (χ4n) is 2.98. The average Bonchev–Trinajstić information content (AvgIpc) is 2.54. The van der Waals surface area contributed by atoms with Gasteiger partial charge in [-0.25, -0.2) is 0 Å². The van der Waals surface area contributed by atoms with E-state index in [2.05, 4.69) is 17.2 Å². The Hall–Kier alpha value is -2.10. The van der Waals surface area contributed by atoms with Crippen LogP contribution in [0.5, 0.6) is 0 Å². The number of benzene rings is 1. The zero-order valence-corrected chi connectivity index (χ0v) is 13.6. The van der Waals surface area contributed by atoms with E-state index < -0.39 is 0 Å². The first kappa shape index (κ1) is 17.3. The van der Waals surface area contributed by atoms with Crippen LogP contribution in [-0.4, -0.2) is 18.4 Å². The fourth-order valence-corrected chi connectivity index (χ4v) is 2.98. The van der Waals surface area contributed by atoms with Crippen molar-refractivity contribution in [2.45, 2.75) is 44.9 Å². The first-order valence-corrected chi connectivity index (χ1v) is 8.50. The number of nitrogens with one attached hydrogen (secondary N) is 2. The van der Waals surface area contributed by atoms with Gasteiger partial charge in [-0.05, 0) is 49.1 Å². The summed E-state index contributed by atoms with van der Waals surface area (Å²) >= 11 is 0. The van der Waals surface area contributed by atoms with Gasteiger partial charge in [-0.15, -0.1) is 0 Å². The second-order valence-corrected chi connectivity index (χ2v) is 6.19. The van der Waals surface area contributed by atoms with Gasteiger partial charge in [0, 0.05) is 17.8 Å². The molecule has 0 atom stereocenters. The molecule has 0 radical (unpaired) electrons. The van der Waals surface area contributed by atoms with Crippen LogP contribution in [0.3, 0.4) is 0 Å². The normalized spacial score (nSPS) is 16.0. The van der Waals surface area contributed by atoms with Gasteiger partial charge in [0.2, 0.25) is 5.91 Å². The Balaban J connectivity index is 1.82. The van der Waals surface area contributed by atoms with Crippen LogP contribution in [0.1, 0.15) is 55.3 Å². The minimum atomic E-state index is -0.258. The maximum Gasteiger partial charge on any atom is 0.251 e. The molecule has 1 fully saturated rings. The van der Waals surface area contributed by atoms with Crippen LogP contribution in [-0.2, 0) is 4.79 Å². The number of hydrogen-bond acceptors (Lipinski definition) is 2. The van der Waals surface area contributed by atoms with E-state index in [0.29, 0.717) is 17.2 Å². The highest BCUT2D eigenvalue weighted by atomic mass is 16.2. The molecule has 1 aromatic rings. The standard InChI is InChI=1S/C19H26N2O2/c1-2-18(22)21-17-12-10-16(11-13-17)19(23)20-14-15-8-6-4-3-5-7-9-15/h2,10-13,15H,1,3-9,14H2,(H,20,23)(H,21,22). The number of amides is 2. The third-order valence-corrected chi connectivity index (χ3v) is 4.38. The fraction of sp³-hybridized carbons (Fsp3) is 0.474. The van der Waals surface area contributed by atoms with Crippen LogP contribution in [0.4, 0.5) is 5.69 Å². The van der Waals surface area contributed by atoms with Gasteiger partial charge in [-0.1, -0.05) is 38.7 Å². The van der Waals surface area contributed by atoms with Gasteiger partial charge in [0.05, 0.1) is 0 Å². The molecule has 0 aliphatic heterocycles. The highest BCUT2D eigenvalue weighted by Crippen LogP contribution is 2.21. The molecular formula is C19H26N2O2. The van der Waals surface area contributed by atoms with Crippen molar-refractivity contribution in [1.29, 1.82) is 0 Å². The van der Waals surface area contributed by atoms with Crippen molar-refractivity contribution in [3.8, 4) is 0 Å². The highest BCUT2D eigenvalue weighted by Gasteiger charge is 2.13. The van der Waals surface area contributed by atoms with E-state index >= 15 is 0 Å². The lowest BCUT2D eigenvalue weighted by molar-refractivity contribution is -0.111. The van der Waals surface area contributed by atoms with E-state index in [1.807, 2.05) is 0 Å². The molecule has 23 heavy (non-hydrogen) atoms. The average molecular weight is 314 g/mol. The van der Waals surface area contributed by atoms with Crippen LogP contribution in [0.25, 0.3) is 0 Å². The topological polar surface area (TPSA) is 58.2 Å². The monoisotopic (exact) mass is 314 g/mol. The summed E-state index contributed by atoms with van der Waals surface area (Å²) in [5.74, 6) is 0.297. The highest BCUT2D eigenvalue weighted by molar-refractivity contribution is 5.99. The second-order valence-electron chi connectivity index (χ2n) is 6.19. The molecule has 124 valence electrons. The van der Waals surface area contributed by atoms with Crippen molar-refractivity contribution in [1.82, 2.24) is 5.32 Å². The van der Waals surface area contributed by atoms with Crippen molar-refractivity contribution in [3.63, 3.8) is 0 Å². The van der Waals surface area contributed by atoms with Gasteiger partial charge in [-0.3, -0.25) is 9.59 Å². The number of carbonyl (C=O) groups excluding carboxylic acids is 2. The first-order valence-electron chi connectivity index (χ1n) is 8.50. The summed E-state index contributed by atoms with van der Waals surface area (Å²) in [5.41, 5.74) is 1.28. The third-order valence-electron chi connectivity index (χ3n) is 4.38. The van der Waals surface area contributed by atoms with Crippen LogP contribution in [0, 0.1) is 5.92 Å². The number of hydrogen-bond donors (Lipinski definition) is 2. The summed E-state index contributed by atoms with van der Waals surface area (Å²) in [6, 6.07) is 6.91. The molecule has 0 spiro atoms. The lowest BCUT2D eigenvalue weighted by atomic mass is 9.91. The molecule has 4 nitrogen and oxygen atoms in total. The van der Waals surface area contributed by atoms with E-state index in [1.54, 1.807) is 24.3 Å². The molecule has 2 amide bonds. The predicted molar refractivity (Wildman–Crippen MR) is 93.4 cm³/mol. The Bertz CT molecular complexity index is 529. The van der Waals surface area contributed by atoms with Gasteiger partial charge in [0.25, 0.3) is 5.91 Å². The lowest BCUT2D eigenvalue weighted by Gasteiger charge is -2.20. The molecule has 2 N–H and O–H groups in total. The maximum absolute atomic E-state index is 12.2. The summed E-state index contributed by atoms with van der Waals surface area (Å²) in [5, 5.41) is 5.71. The van der Waals surface area contributed by atoms with E-state index in [-0.39, 0.29) is 11.8 Å². The van der Waals surface area contributed by atoms with Crippen LogP contribution < -0.4 is 10.6 Å². The van der Waals surface area contributed by atoms with E-state index in [4.69, 9.17) is 0 Å². The smallest absolute Gasteiger partial charge is 0.251 e. The Labute approximate surface area is 138 Å².